The lowest BCUT2D eigenvalue weighted by atomic mass is 9.87. The lowest BCUT2D eigenvalue weighted by molar-refractivity contribution is -0.142. The van der Waals surface area contributed by atoms with E-state index < -0.39 is 36.3 Å². The van der Waals surface area contributed by atoms with Gasteiger partial charge in [0.1, 0.15) is 24.2 Å². The highest BCUT2D eigenvalue weighted by Crippen LogP contribution is 2.32. The minimum Gasteiger partial charge on any atom is -0.352 e. The van der Waals surface area contributed by atoms with Gasteiger partial charge in [0.2, 0.25) is 35.4 Å². The summed E-state index contributed by atoms with van der Waals surface area (Å²) in [6.45, 7) is 4.58. The Morgan fingerprint density at radius 1 is 0.527 bits per heavy atom. The molecule has 398 valence electrons. The van der Waals surface area contributed by atoms with Crippen molar-refractivity contribution in [3.8, 4) is 0 Å². The van der Waals surface area contributed by atoms with Gasteiger partial charge in [-0.2, -0.15) is 0 Å². The van der Waals surface area contributed by atoms with Crippen LogP contribution in [0.1, 0.15) is 146 Å². The number of nitrogens with zero attached hydrogens (tertiary/aromatic N) is 2. The molecule has 0 unspecified atom stereocenters. The number of carbonyl (C=O) groups is 8. The molecule has 74 heavy (non-hydrogen) atoms. The van der Waals surface area contributed by atoms with Crippen molar-refractivity contribution >= 4 is 47.3 Å². The molecule has 0 spiro atoms. The fourth-order valence-corrected chi connectivity index (χ4v) is 10.7. The number of carbonyl (C=O) groups excluding carboxylic acids is 8. The molecule has 18 heteroatoms. The van der Waals surface area contributed by atoms with Gasteiger partial charge in [-0.15, -0.1) is 0 Å². The fraction of sp³-hybridized carbons (Fsp3) is 0.536. The molecule has 2 aliphatic heterocycles. The quantitative estimate of drug-likeness (QED) is 0.0684. The van der Waals surface area contributed by atoms with Crippen LogP contribution in [0.2, 0.25) is 0 Å². The molecule has 0 radical (unpaired) electrons. The van der Waals surface area contributed by atoms with E-state index in [-0.39, 0.29) is 85.3 Å². The van der Waals surface area contributed by atoms with Crippen LogP contribution >= 0.6 is 0 Å². The molecule has 4 aliphatic rings. The Hall–Kier alpha value is -6.66. The van der Waals surface area contributed by atoms with Gasteiger partial charge in [0.25, 0.3) is 11.8 Å². The van der Waals surface area contributed by atoms with Crippen molar-refractivity contribution in [2.24, 2.45) is 0 Å². The van der Waals surface area contributed by atoms with Gasteiger partial charge in [-0.3, -0.25) is 38.4 Å². The first-order valence-corrected chi connectivity index (χ1v) is 26.8. The zero-order valence-electron chi connectivity index (χ0n) is 43.4. The van der Waals surface area contributed by atoms with Gasteiger partial charge in [-0.25, -0.2) is 0 Å². The number of rotatable bonds is 22. The van der Waals surface area contributed by atoms with Crippen molar-refractivity contribution in [3.63, 3.8) is 0 Å². The van der Waals surface area contributed by atoms with Crippen molar-refractivity contribution < 1.29 is 38.4 Å². The third-order valence-corrected chi connectivity index (χ3v) is 15.3. The highest BCUT2D eigenvalue weighted by atomic mass is 16.2. The summed E-state index contributed by atoms with van der Waals surface area (Å²) < 4.78 is 0. The largest absolute Gasteiger partial charge is 0.352 e. The maximum atomic E-state index is 14.2. The topological polar surface area (TPSA) is 239 Å². The summed E-state index contributed by atoms with van der Waals surface area (Å²) >= 11 is 0. The van der Waals surface area contributed by atoms with Crippen LogP contribution in [-0.4, -0.2) is 134 Å². The molecule has 2 saturated heterocycles. The van der Waals surface area contributed by atoms with Crippen molar-refractivity contribution in [1.82, 2.24) is 52.3 Å². The Morgan fingerprint density at radius 3 is 1.31 bits per heavy atom. The second-order valence-corrected chi connectivity index (χ2v) is 20.2. The van der Waals surface area contributed by atoms with Crippen LogP contribution in [0.5, 0.6) is 0 Å². The predicted octanol–water partition coefficient (Wildman–Crippen LogP) is 3.26. The number of hydrogen-bond donors (Lipinski definition) is 8. The zero-order chi connectivity index (χ0) is 52.7. The number of nitrogens with one attached hydrogen (secondary N) is 8. The standard InChI is InChI=1S/C56H76N10O8/c1-35(57-3)49(67)63-45(55(73)65-33-13-25-47(65)53(71)61-43-21-9-17-37-15-5-7-19-41(37)43)23-11-31-59-51(69)39-27-29-40(30-28-39)52(70)60-32-12-24-46(64-50(68)36(2)58-4)56(74)66-34-14-26-48(66)54(72)62-44-22-10-18-38-16-6-8-20-42(38)44/h5-8,15-16,19-20,27-30,35-36,43-48,57-58H,9-14,17-18,21-26,31-34H2,1-4H3,(H,59,69)(H,60,70)(H,61,71)(H,62,72)(H,63,67)(H,64,68)/t35-,36-,43+,44+,45-,46-,47-,48-/m0/s1. The van der Waals surface area contributed by atoms with Crippen LogP contribution < -0.4 is 42.5 Å². The van der Waals surface area contributed by atoms with Crippen molar-refractivity contribution in [2.75, 3.05) is 40.3 Å². The molecule has 18 nitrogen and oxygen atoms in total. The summed E-state index contributed by atoms with van der Waals surface area (Å²) in [4.78, 5) is 112. The van der Waals surface area contributed by atoms with E-state index in [9.17, 15) is 38.4 Å². The number of hydrogen-bond acceptors (Lipinski definition) is 10. The van der Waals surface area contributed by atoms with Crippen LogP contribution in [0.15, 0.2) is 72.8 Å². The minimum atomic E-state index is -0.912. The average molecular weight is 1020 g/mol. The van der Waals surface area contributed by atoms with Crippen molar-refractivity contribution in [2.45, 2.75) is 152 Å². The van der Waals surface area contributed by atoms with Crippen molar-refractivity contribution in [3.05, 3.63) is 106 Å². The van der Waals surface area contributed by atoms with Gasteiger partial charge in [0.15, 0.2) is 0 Å². The first-order chi connectivity index (χ1) is 35.8. The molecule has 0 saturated carbocycles. The molecule has 8 N–H and O–H groups in total. The molecule has 3 aromatic rings. The van der Waals surface area contributed by atoms with Gasteiger partial charge < -0.3 is 52.3 Å². The summed E-state index contributed by atoms with van der Waals surface area (Å²) in [5, 5.41) is 23.8. The van der Waals surface area contributed by atoms with Crippen molar-refractivity contribution in [1.29, 1.82) is 0 Å². The second-order valence-electron chi connectivity index (χ2n) is 20.2. The molecule has 2 aliphatic carbocycles. The average Bonchev–Trinajstić information content (AvgIpc) is 4.13. The molecular formula is C56H76N10O8. The molecule has 2 heterocycles. The van der Waals surface area contributed by atoms with Crippen LogP contribution in [0, 0.1) is 0 Å². The van der Waals surface area contributed by atoms with Gasteiger partial charge in [0.05, 0.1) is 24.2 Å². The molecule has 8 atom stereocenters. The Bertz CT molecular complexity index is 2320. The minimum absolute atomic E-state index is 0.124. The van der Waals surface area contributed by atoms with Crippen LogP contribution in [0.25, 0.3) is 0 Å². The van der Waals surface area contributed by atoms with Gasteiger partial charge in [-0.1, -0.05) is 48.5 Å². The van der Waals surface area contributed by atoms with E-state index in [1.54, 1.807) is 62.0 Å². The first-order valence-electron chi connectivity index (χ1n) is 26.8. The smallest absolute Gasteiger partial charge is 0.251 e. The zero-order valence-corrected chi connectivity index (χ0v) is 43.4. The summed E-state index contributed by atoms with van der Waals surface area (Å²) in [6.07, 6.45) is 9.04. The normalized spacial score (nSPS) is 20.6. The third kappa shape index (κ3) is 13.9. The van der Waals surface area contributed by atoms with Crippen LogP contribution in [-0.2, 0) is 41.6 Å². The summed E-state index contributed by atoms with van der Waals surface area (Å²) in [5.74, 6) is -2.52. The lowest BCUT2D eigenvalue weighted by Crippen LogP contribution is -2.55. The van der Waals surface area contributed by atoms with E-state index in [0.29, 0.717) is 62.7 Å². The number of likely N-dealkylation sites (N-methyl/N-ethyl adjacent to an activating group) is 2. The maximum Gasteiger partial charge on any atom is 0.251 e. The fourth-order valence-electron chi connectivity index (χ4n) is 10.7. The van der Waals surface area contributed by atoms with Gasteiger partial charge in [-0.05, 0) is 164 Å². The highest BCUT2D eigenvalue weighted by Gasteiger charge is 2.41. The maximum absolute atomic E-state index is 14.2. The van der Waals surface area contributed by atoms with E-state index in [0.717, 1.165) is 49.7 Å². The SMILES string of the molecule is CN[C@@H](C)C(=O)N[C@@H](CCCNC(=O)c1ccc(C(=O)NCCC[C@H](NC(=O)[C@H](C)NC)C(=O)N2CCC[C@H]2C(=O)N[C@@H]2CCCc3ccccc32)cc1)C(=O)N1CCC[C@H]1C(=O)N[C@@H]1CCCc2ccccc21. The number of likely N-dealkylation sites (tertiary alicyclic amines) is 2. The van der Waals surface area contributed by atoms with E-state index in [2.05, 4.69) is 54.7 Å². The highest BCUT2D eigenvalue weighted by molar-refractivity contribution is 5.98. The van der Waals surface area contributed by atoms with Crippen LogP contribution in [0.3, 0.4) is 0 Å². The van der Waals surface area contributed by atoms with Crippen LogP contribution in [0.4, 0.5) is 0 Å². The molecule has 3 aromatic carbocycles. The molecule has 2 fully saturated rings. The summed E-state index contributed by atoms with van der Waals surface area (Å²) in [6, 6.07) is 17.9. The van der Waals surface area contributed by atoms with E-state index in [1.807, 2.05) is 36.4 Å². The van der Waals surface area contributed by atoms with E-state index >= 15 is 0 Å². The monoisotopic (exact) mass is 1020 g/mol. The van der Waals surface area contributed by atoms with E-state index in [1.165, 1.54) is 11.1 Å². The summed E-state index contributed by atoms with van der Waals surface area (Å²) in [7, 11) is 3.31. The Morgan fingerprint density at radius 2 is 0.919 bits per heavy atom. The molecular weight excluding hydrogens is 941 g/mol. The molecule has 8 amide bonds. The Kier molecular flexibility index (Phi) is 19.7. The lowest BCUT2D eigenvalue weighted by Gasteiger charge is -2.32. The van der Waals surface area contributed by atoms with E-state index in [4.69, 9.17) is 0 Å². The molecule has 7 rings (SSSR count). The third-order valence-electron chi connectivity index (χ3n) is 15.3. The Labute approximate surface area is 435 Å². The predicted molar refractivity (Wildman–Crippen MR) is 280 cm³/mol. The number of aryl methyl sites for hydroxylation is 2. The molecule has 0 bridgehead atoms. The summed E-state index contributed by atoms with van der Waals surface area (Å²) in [5.41, 5.74) is 5.32. The molecule has 0 aromatic heterocycles. The number of benzene rings is 3. The number of amides is 8. The second kappa shape index (κ2) is 26.5. The van der Waals surface area contributed by atoms with Gasteiger partial charge in [0, 0.05) is 37.3 Å². The van der Waals surface area contributed by atoms with Gasteiger partial charge >= 0.3 is 0 Å². The first kappa shape index (κ1) is 55.1. The number of fused-ring (bicyclic) bond motifs is 2. The Balaban J connectivity index is 0.879.